The summed E-state index contributed by atoms with van der Waals surface area (Å²) in [6.07, 6.45) is 0.883. The van der Waals surface area contributed by atoms with Crippen LogP contribution in [0.3, 0.4) is 0 Å². The Labute approximate surface area is 95.7 Å². The Morgan fingerprint density at radius 2 is 1.79 bits per heavy atom. The number of methoxy groups -OCH3 is 1. The van der Waals surface area contributed by atoms with Crippen LogP contribution >= 0.6 is 23.0 Å². The normalized spacial score (nSPS) is 9.64. The molecule has 0 fully saturated rings. The molecule has 0 spiro atoms. The summed E-state index contributed by atoms with van der Waals surface area (Å²) in [5, 5.41) is 0. The monoisotopic (exact) mass is 311 g/mol. The molecular formula is C7H10IN3O3. The van der Waals surface area contributed by atoms with Gasteiger partial charge in [0.25, 0.3) is 0 Å². The molecule has 0 aromatic carbocycles. The minimum absolute atomic E-state index is 0.170. The Morgan fingerprint density at radius 1 is 1.14 bits per heavy atom. The molecule has 1 aromatic rings. The molecule has 0 aliphatic rings. The molecule has 0 atom stereocenters. The Balaban J connectivity index is 2.81. The molecule has 0 saturated heterocycles. The van der Waals surface area contributed by atoms with Crippen molar-refractivity contribution in [2.24, 2.45) is 0 Å². The summed E-state index contributed by atoms with van der Waals surface area (Å²) in [4.78, 5) is 11.6. The zero-order valence-corrected chi connectivity index (χ0v) is 10.0. The second-order valence-corrected chi connectivity index (χ2v) is 2.75. The minimum atomic E-state index is 0.170. The quantitative estimate of drug-likeness (QED) is 0.766. The molecule has 78 valence electrons. The summed E-state index contributed by atoms with van der Waals surface area (Å²) in [6.45, 7) is 2.54. The highest BCUT2D eigenvalue weighted by atomic mass is 127. The van der Waals surface area contributed by atoms with Gasteiger partial charge < -0.3 is 12.5 Å². The lowest BCUT2D eigenvalue weighted by Crippen LogP contribution is -2.03. The van der Waals surface area contributed by atoms with E-state index >= 15 is 0 Å². The highest BCUT2D eigenvalue weighted by Crippen LogP contribution is 2.15. The number of aromatic nitrogens is 3. The van der Waals surface area contributed by atoms with Crippen molar-refractivity contribution in [1.82, 2.24) is 15.0 Å². The van der Waals surface area contributed by atoms with Gasteiger partial charge in [-0.2, -0.15) is 0 Å². The third-order valence-electron chi connectivity index (χ3n) is 1.26. The summed E-state index contributed by atoms with van der Waals surface area (Å²) in [7, 11) is 1.47. The van der Waals surface area contributed by atoms with Crippen molar-refractivity contribution in [1.29, 1.82) is 0 Å². The number of hydrogen-bond donors (Lipinski definition) is 0. The third-order valence-corrected chi connectivity index (χ3v) is 1.65. The van der Waals surface area contributed by atoms with E-state index in [1.165, 1.54) is 7.11 Å². The van der Waals surface area contributed by atoms with Crippen LogP contribution in [0.5, 0.6) is 18.0 Å². The van der Waals surface area contributed by atoms with Crippen molar-refractivity contribution in [3.63, 3.8) is 0 Å². The van der Waals surface area contributed by atoms with Crippen molar-refractivity contribution in [2.75, 3.05) is 13.7 Å². The van der Waals surface area contributed by atoms with E-state index < -0.39 is 0 Å². The molecule has 14 heavy (non-hydrogen) atoms. The first-order valence-electron chi connectivity index (χ1n) is 4.01. The zero-order valence-electron chi connectivity index (χ0n) is 7.86. The van der Waals surface area contributed by atoms with Gasteiger partial charge in [-0.25, -0.2) is 0 Å². The largest absolute Gasteiger partial charge is 0.467 e. The Hall–Kier alpha value is -0.860. The fourth-order valence-electron chi connectivity index (χ4n) is 0.704. The van der Waals surface area contributed by atoms with Crippen molar-refractivity contribution in [2.45, 2.75) is 13.3 Å². The average molecular weight is 311 g/mol. The SMILES string of the molecule is CCCOc1nc(OC)nc(OI)n1. The number of ether oxygens (including phenoxy) is 2. The predicted molar refractivity (Wildman–Crippen MR) is 56.8 cm³/mol. The molecule has 0 aliphatic heterocycles. The molecule has 0 N–H and O–H groups in total. The molecule has 0 bridgehead atoms. The van der Waals surface area contributed by atoms with E-state index in [-0.39, 0.29) is 18.0 Å². The van der Waals surface area contributed by atoms with Gasteiger partial charge in [-0.15, -0.1) is 15.0 Å². The first kappa shape index (κ1) is 11.2. The van der Waals surface area contributed by atoms with Gasteiger partial charge >= 0.3 is 18.0 Å². The molecule has 1 rings (SSSR count). The Morgan fingerprint density at radius 3 is 2.36 bits per heavy atom. The van der Waals surface area contributed by atoms with E-state index in [1.807, 2.05) is 6.92 Å². The Kier molecular flexibility index (Phi) is 4.63. The first-order chi connectivity index (χ1) is 6.80. The van der Waals surface area contributed by atoms with Crippen LogP contribution in [-0.2, 0) is 0 Å². The maximum absolute atomic E-state index is 5.21. The highest BCUT2D eigenvalue weighted by molar-refractivity contribution is 14.1. The fraction of sp³-hybridized carbons (Fsp3) is 0.571. The summed E-state index contributed by atoms with van der Waals surface area (Å²) >= 11 is 1.68. The van der Waals surface area contributed by atoms with Gasteiger partial charge in [0.2, 0.25) is 0 Å². The van der Waals surface area contributed by atoms with Crippen molar-refractivity contribution in [3.8, 4) is 18.0 Å². The van der Waals surface area contributed by atoms with Gasteiger partial charge in [-0.3, -0.25) is 0 Å². The number of halogens is 1. The number of rotatable bonds is 5. The fourth-order valence-corrected chi connectivity index (χ4v) is 0.901. The van der Waals surface area contributed by atoms with E-state index in [1.54, 1.807) is 23.0 Å². The van der Waals surface area contributed by atoms with Gasteiger partial charge in [-0.05, 0) is 6.42 Å². The molecule has 1 aromatic heterocycles. The lowest BCUT2D eigenvalue weighted by atomic mass is 10.5. The third kappa shape index (κ3) is 3.13. The van der Waals surface area contributed by atoms with Gasteiger partial charge in [-0.1, -0.05) is 6.92 Å². The lowest BCUT2D eigenvalue weighted by Gasteiger charge is -2.04. The zero-order chi connectivity index (χ0) is 10.4. The van der Waals surface area contributed by atoms with Crippen LogP contribution in [0.1, 0.15) is 13.3 Å². The minimum Gasteiger partial charge on any atom is -0.467 e. The van der Waals surface area contributed by atoms with Crippen LogP contribution < -0.4 is 12.5 Å². The Bertz CT molecular complexity index is 275. The molecule has 0 saturated carbocycles. The molecular weight excluding hydrogens is 301 g/mol. The van der Waals surface area contributed by atoms with E-state index in [0.717, 1.165) is 6.42 Å². The van der Waals surface area contributed by atoms with Crippen LogP contribution in [0, 0.1) is 0 Å². The van der Waals surface area contributed by atoms with Crippen molar-refractivity contribution in [3.05, 3.63) is 0 Å². The molecule has 0 radical (unpaired) electrons. The van der Waals surface area contributed by atoms with E-state index in [2.05, 4.69) is 15.0 Å². The van der Waals surface area contributed by atoms with Crippen LogP contribution in [-0.4, -0.2) is 28.7 Å². The number of nitrogens with zero attached hydrogens (tertiary/aromatic N) is 3. The summed E-state index contributed by atoms with van der Waals surface area (Å²) in [5.41, 5.74) is 0. The average Bonchev–Trinajstić information content (AvgIpc) is 2.25. The molecule has 0 unspecified atom stereocenters. The van der Waals surface area contributed by atoms with Crippen molar-refractivity contribution >= 4 is 23.0 Å². The standard InChI is InChI=1S/C7H10IN3O3/c1-3-4-13-6-9-5(12-2)10-7(11-6)14-8/h3-4H2,1-2H3. The summed E-state index contributed by atoms with van der Waals surface area (Å²) in [6, 6.07) is 0.562. The molecule has 6 nitrogen and oxygen atoms in total. The summed E-state index contributed by atoms with van der Waals surface area (Å²) < 4.78 is 14.9. The topological polar surface area (TPSA) is 66.4 Å². The van der Waals surface area contributed by atoms with Crippen LogP contribution in [0.15, 0.2) is 0 Å². The highest BCUT2D eigenvalue weighted by Gasteiger charge is 2.07. The number of hydrogen-bond acceptors (Lipinski definition) is 6. The van der Waals surface area contributed by atoms with E-state index in [0.29, 0.717) is 6.61 Å². The van der Waals surface area contributed by atoms with Gasteiger partial charge in [0, 0.05) is 0 Å². The molecule has 0 amide bonds. The summed E-state index contributed by atoms with van der Waals surface area (Å²) in [5.74, 6) is 0. The first-order valence-corrected chi connectivity index (χ1v) is 4.89. The van der Waals surface area contributed by atoms with Crippen LogP contribution in [0.2, 0.25) is 0 Å². The second-order valence-electron chi connectivity index (χ2n) is 2.31. The predicted octanol–water partition coefficient (Wildman–Crippen LogP) is 1.40. The van der Waals surface area contributed by atoms with Crippen LogP contribution in [0.4, 0.5) is 0 Å². The van der Waals surface area contributed by atoms with Crippen molar-refractivity contribution < 1.29 is 12.5 Å². The smallest absolute Gasteiger partial charge is 0.335 e. The molecule has 7 heteroatoms. The molecule has 0 aliphatic carbocycles. The van der Waals surface area contributed by atoms with Crippen LogP contribution in [0.25, 0.3) is 0 Å². The second kappa shape index (κ2) is 5.78. The van der Waals surface area contributed by atoms with Gasteiger partial charge in [0.1, 0.15) is 0 Å². The van der Waals surface area contributed by atoms with E-state index in [9.17, 15) is 0 Å². The lowest BCUT2D eigenvalue weighted by molar-refractivity contribution is 0.277. The van der Waals surface area contributed by atoms with E-state index in [4.69, 9.17) is 12.5 Å². The maximum atomic E-state index is 5.21. The molecule has 1 heterocycles. The van der Waals surface area contributed by atoms with Gasteiger partial charge in [0.05, 0.1) is 13.7 Å². The maximum Gasteiger partial charge on any atom is 0.335 e. The van der Waals surface area contributed by atoms with Gasteiger partial charge in [0.15, 0.2) is 23.0 Å².